The first-order valence-electron chi connectivity index (χ1n) is 7.30. The van der Waals surface area contributed by atoms with Crippen LogP contribution in [0.3, 0.4) is 0 Å². The largest absolute Gasteiger partial charge is 0.491 e. The van der Waals surface area contributed by atoms with Crippen LogP contribution in [0.5, 0.6) is 5.75 Å². The predicted molar refractivity (Wildman–Crippen MR) is 89.9 cm³/mol. The maximum Gasteiger partial charge on any atom is 0.252 e. The summed E-state index contributed by atoms with van der Waals surface area (Å²) in [5.41, 5.74) is 1.28. The molecule has 0 radical (unpaired) electrons. The molecule has 2 N–H and O–H groups in total. The summed E-state index contributed by atoms with van der Waals surface area (Å²) >= 11 is 1.51. The van der Waals surface area contributed by atoms with Gasteiger partial charge in [-0.25, -0.2) is 4.39 Å². The zero-order valence-electron chi connectivity index (χ0n) is 12.6. The Morgan fingerprint density at radius 1 is 1.38 bits per heavy atom. The van der Waals surface area contributed by atoms with Crippen molar-refractivity contribution < 1.29 is 19.0 Å². The Bertz CT molecular complexity index is 852. The number of rotatable bonds is 6. The predicted octanol–water partition coefficient (Wildman–Crippen LogP) is 2.61. The molecule has 124 valence electrons. The Kier molecular flexibility index (Phi) is 5.02. The van der Waals surface area contributed by atoms with Crippen molar-refractivity contribution in [3.8, 4) is 5.75 Å². The van der Waals surface area contributed by atoms with Crippen LogP contribution in [-0.2, 0) is 0 Å². The van der Waals surface area contributed by atoms with E-state index in [9.17, 15) is 14.3 Å². The third kappa shape index (κ3) is 4.06. The van der Waals surface area contributed by atoms with Crippen LogP contribution < -0.4 is 10.1 Å². The summed E-state index contributed by atoms with van der Waals surface area (Å²) in [5.74, 6) is -0.401. The summed E-state index contributed by atoms with van der Waals surface area (Å²) in [7, 11) is 0. The van der Waals surface area contributed by atoms with Gasteiger partial charge in [0.25, 0.3) is 5.91 Å². The van der Waals surface area contributed by atoms with E-state index in [0.717, 1.165) is 10.2 Å². The Morgan fingerprint density at radius 2 is 2.25 bits per heavy atom. The molecule has 1 unspecified atom stereocenters. The molecule has 0 aliphatic rings. The van der Waals surface area contributed by atoms with Crippen LogP contribution >= 0.6 is 11.3 Å². The van der Waals surface area contributed by atoms with E-state index in [0.29, 0.717) is 11.3 Å². The van der Waals surface area contributed by atoms with Crippen molar-refractivity contribution in [2.45, 2.75) is 6.10 Å². The molecule has 0 fully saturated rings. The number of halogens is 1. The second kappa shape index (κ2) is 7.37. The minimum atomic E-state index is -0.907. The third-order valence-corrected chi connectivity index (χ3v) is 4.15. The lowest BCUT2D eigenvalue weighted by Crippen LogP contribution is -2.35. The molecule has 24 heavy (non-hydrogen) atoms. The van der Waals surface area contributed by atoms with Crippen molar-refractivity contribution in [2.75, 3.05) is 13.2 Å². The van der Waals surface area contributed by atoms with Gasteiger partial charge >= 0.3 is 0 Å². The summed E-state index contributed by atoms with van der Waals surface area (Å²) in [6.07, 6.45) is 0.593. The summed E-state index contributed by atoms with van der Waals surface area (Å²) in [6, 6.07) is 9.30. The van der Waals surface area contributed by atoms with E-state index >= 15 is 0 Å². The first-order chi connectivity index (χ1) is 11.6. The standard InChI is InChI=1S/C17H15FN2O3S/c18-12-2-1-3-14(7-12)23-10-13(21)9-20-17(22)11-6-16-15(19-8-11)4-5-24-16/h1-8,13,21H,9-10H2,(H,20,22). The molecule has 3 aromatic rings. The van der Waals surface area contributed by atoms with Gasteiger partial charge in [-0.3, -0.25) is 9.78 Å². The lowest BCUT2D eigenvalue weighted by atomic mass is 10.2. The van der Waals surface area contributed by atoms with Crippen molar-refractivity contribution in [1.82, 2.24) is 10.3 Å². The van der Waals surface area contributed by atoms with Gasteiger partial charge in [0.15, 0.2) is 0 Å². The molecule has 0 spiro atoms. The van der Waals surface area contributed by atoms with E-state index in [1.807, 2.05) is 11.4 Å². The first kappa shape index (κ1) is 16.4. The lowest BCUT2D eigenvalue weighted by Gasteiger charge is -2.13. The number of hydrogen-bond donors (Lipinski definition) is 2. The number of nitrogens with one attached hydrogen (secondary N) is 1. The van der Waals surface area contributed by atoms with Gasteiger partial charge in [0, 0.05) is 18.8 Å². The number of carbonyl (C=O) groups is 1. The normalized spacial score (nSPS) is 12.1. The number of ether oxygens (including phenoxy) is 1. The third-order valence-electron chi connectivity index (χ3n) is 3.30. The van der Waals surface area contributed by atoms with E-state index in [1.54, 1.807) is 12.1 Å². The zero-order chi connectivity index (χ0) is 16.9. The number of aliphatic hydroxyl groups is 1. The van der Waals surface area contributed by atoms with Crippen LogP contribution in [0.2, 0.25) is 0 Å². The van der Waals surface area contributed by atoms with E-state index in [4.69, 9.17) is 4.74 Å². The number of nitrogens with zero attached hydrogens (tertiary/aromatic N) is 1. The van der Waals surface area contributed by atoms with E-state index in [-0.39, 0.29) is 19.1 Å². The molecule has 0 bridgehead atoms. The van der Waals surface area contributed by atoms with Gasteiger partial charge in [-0.1, -0.05) is 6.07 Å². The molecule has 2 aromatic heterocycles. The van der Waals surface area contributed by atoms with Gasteiger partial charge in [0.1, 0.15) is 24.3 Å². The second-order valence-electron chi connectivity index (χ2n) is 5.16. The Morgan fingerprint density at radius 3 is 3.08 bits per heavy atom. The van der Waals surface area contributed by atoms with Crippen molar-refractivity contribution in [3.63, 3.8) is 0 Å². The maximum atomic E-state index is 13.0. The summed E-state index contributed by atoms with van der Waals surface area (Å²) in [4.78, 5) is 16.3. The molecule has 2 heterocycles. The van der Waals surface area contributed by atoms with Crippen LogP contribution in [0.25, 0.3) is 10.2 Å². The van der Waals surface area contributed by atoms with Gasteiger partial charge in [0.05, 0.1) is 15.8 Å². The molecule has 0 saturated carbocycles. The van der Waals surface area contributed by atoms with Gasteiger partial charge in [-0.15, -0.1) is 11.3 Å². The Balaban J connectivity index is 1.50. The molecular formula is C17H15FN2O3S. The van der Waals surface area contributed by atoms with Crippen LogP contribution in [0.4, 0.5) is 4.39 Å². The molecule has 3 rings (SSSR count). The molecule has 0 saturated heterocycles. The number of fused-ring (bicyclic) bond motifs is 1. The smallest absolute Gasteiger partial charge is 0.252 e. The molecule has 1 aromatic carbocycles. The first-order valence-corrected chi connectivity index (χ1v) is 8.17. The topological polar surface area (TPSA) is 71.5 Å². The summed E-state index contributed by atoms with van der Waals surface area (Å²) in [6.45, 7) is -0.0252. The molecule has 1 atom stereocenters. The SMILES string of the molecule is O=C(NCC(O)COc1cccc(F)c1)c1cnc2ccsc2c1. The average Bonchev–Trinajstić information content (AvgIpc) is 3.05. The van der Waals surface area contributed by atoms with Crippen molar-refractivity contribution in [1.29, 1.82) is 0 Å². The highest BCUT2D eigenvalue weighted by molar-refractivity contribution is 7.17. The van der Waals surface area contributed by atoms with E-state index in [1.165, 1.54) is 35.7 Å². The average molecular weight is 346 g/mol. The number of hydrogen-bond acceptors (Lipinski definition) is 5. The lowest BCUT2D eigenvalue weighted by molar-refractivity contribution is 0.0843. The number of amides is 1. The van der Waals surface area contributed by atoms with Crippen molar-refractivity contribution in [2.24, 2.45) is 0 Å². The summed E-state index contributed by atoms with van der Waals surface area (Å²) < 4.78 is 19.2. The summed E-state index contributed by atoms with van der Waals surface area (Å²) in [5, 5.41) is 14.4. The van der Waals surface area contributed by atoms with E-state index in [2.05, 4.69) is 10.3 Å². The van der Waals surface area contributed by atoms with Gasteiger partial charge in [0.2, 0.25) is 0 Å². The number of aliphatic hydroxyl groups excluding tert-OH is 1. The number of benzene rings is 1. The molecule has 0 aliphatic heterocycles. The van der Waals surface area contributed by atoms with Crippen molar-refractivity contribution in [3.05, 3.63) is 59.4 Å². The minimum absolute atomic E-state index is 0.0244. The number of carbonyl (C=O) groups excluding carboxylic acids is 1. The molecule has 0 aliphatic carbocycles. The van der Waals surface area contributed by atoms with E-state index < -0.39 is 11.9 Å². The highest BCUT2D eigenvalue weighted by Crippen LogP contribution is 2.19. The fourth-order valence-electron chi connectivity index (χ4n) is 2.09. The fourth-order valence-corrected chi connectivity index (χ4v) is 2.87. The fraction of sp³-hybridized carbons (Fsp3) is 0.176. The second-order valence-corrected chi connectivity index (χ2v) is 6.11. The molecule has 5 nitrogen and oxygen atoms in total. The zero-order valence-corrected chi connectivity index (χ0v) is 13.4. The van der Waals surface area contributed by atoms with Crippen LogP contribution in [0, 0.1) is 5.82 Å². The van der Waals surface area contributed by atoms with Crippen LogP contribution in [0.15, 0.2) is 48.0 Å². The van der Waals surface area contributed by atoms with Gasteiger partial charge < -0.3 is 15.2 Å². The Hall–Kier alpha value is -2.51. The highest BCUT2D eigenvalue weighted by Gasteiger charge is 2.11. The maximum absolute atomic E-state index is 13.0. The monoisotopic (exact) mass is 346 g/mol. The van der Waals surface area contributed by atoms with Gasteiger partial charge in [-0.05, 0) is 29.6 Å². The number of aromatic nitrogens is 1. The number of thiophene rings is 1. The molecular weight excluding hydrogens is 331 g/mol. The quantitative estimate of drug-likeness (QED) is 0.720. The van der Waals surface area contributed by atoms with Crippen molar-refractivity contribution >= 4 is 27.5 Å². The van der Waals surface area contributed by atoms with Crippen LogP contribution in [-0.4, -0.2) is 35.3 Å². The minimum Gasteiger partial charge on any atom is -0.491 e. The van der Waals surface area contributed by atoms with Gasteiger partial charge in [-0.2, -0.15) is 0 Å². The Labute approximate surface area is 141 Å². The van der Waals surface area contributed by atoms with Crippen LogP contribution in [0.1, 0.15) is 10.4 Å². The number of pyridine rings is 1. The highest BCUT2D eigenvalue weighted by atomic mass is 32.1. The molecule has 7 heteroatoms. The molecule has 1 amide bonds.